The first-order valence-corrected chi connectivity index (χ1v) is 6.61. The molecule has 1 unspecified atom stereocenters. The molecule has 108 valence electrons. The van der Waals surface area contributed by atoms with Crippen molar-refractivity contribution in [2.24, 2.45) is 5.92 Å². The Labute approximate surface area is 111 Å². The van der Waals surface area contributed by atoms with E-state index in [-0.39, 0.29) is 5.95 Å². The summed E-state index contributed by atoms with van der Waals surface area (Å²) < 4.78 is 37.4. The summed E-state index contributed by atoms with van der Waals surface area (Å²) in [5, 5.41) is 2.89. The Hall–Kier alpha value is -1.33. The molecule has 0 amide bonds. The first-order chi connectivity index (χ1) is 8.97. The van der Waals surface area contributed by atoms with Crippen LogP contribution in [0.15, 0.2) is 12.3 Å². The zero-order chi connectivity index (χ0) is 14.3. The number of unbranched alkanes of at least 4 members (excludes halogenated alkanes) is 1. The van der Waals surface area contributed by atoms with Crippen molar-refractivity contribution >= 4 is 5.95 Å². The lowest BCUT2D eigenvalue weighted by Crippen LogP contribution is -2.17. The first-order valence-electron chi connectivity index (χ1n) is 6.61. The van der Waals surface area contributed by atoms with Crippen LogP contribution in [-0.4, -0.2) is 16.5 Å². The van der Waals surface area contributed by atoms with Crippen LogP contribution in [0.4, 0.5) is 19.1 Å². The summed E-state index contributed by atoms with van der Waals surface area (Å²) in [7, 11) is 0. The Balaban J connectivity index is 2.57. The van der Waals surface area contributed by atoms with Crippen LogP contribution >= 0.6 is 0 Å². The highest BCUT2D eigenvalue weighted by molar-refractivity contribution is 5.26. The fourth-order valence-electron chi connectivity index (χ4n) is 1.78. The summed E-state index contributed by atoms with van der Waals surface area (Å²) in [6.45, 7) is 4.81. The van der Waals surface area contributed by atoms with Crippen molar-refractivity contribution < 1.29 is 13.2 Å². The molecule has 1 heterocycles. The number of aromatic nitrogens is 2. The van der Waals surface area contributed by atoms with Crippen LogP contribution in [0, 0.1) is 5.92 Å². The predicted molar refractivity (Wildman–Crippen MR) is 68.8 cm³/mol. The van der Waals surface area contributed by atoms with Crippen LogP contribution in [0.2, 0.25) is 0 Å². The van der Waals surface area contributed by atoms with Crippen molar-refractivity contribution in [1.29, 1.82) is 0 Å². The molecule has 0 saturated carbocycles. The molecule has 1 atom stereocenters. The van der Waals surface area contributed by atoms with Crippen LogP contribution in [0.1, 0.15) is 45.2 Å². The Bertz CT molecular complexity index is 380. The second kappa shape index (κ2) is 7.31. The van der Waals surface area contributed by atoms with Gasteiger partial charge in [0.1, 0.15) is 5.69 Å². The van der Waals surface area contributed by atoms with E-state index < -0.39 is 11.9 Å². The quantitative estimate of drug-likeness (QED) is 0.813. The third-order valence-corrected chi connectivity index (χ3v) is 3.04. The van der Waals surface area contributed by atoms with E-state index in [1.54, 1.807) is 0 Å². The van der Waals surface area contributed by atoms with E-state index in [2.05, 4.69) is 29.1 Å². The molecule has 0 aliphatic rings. The maximum Gasteiger partial charge on any atom is 0.433 e. The summed E-state index contributed by atoms with van der Waals surface area (Å²) in [4.78, 5) is 7.30. The maximum absolute atomic E-state index is 12.5. The van der Waals surface area contributed by atoms with E-state index in [1.165, 1.54) is 0 Å². The lowest BCUT2D eigenvalue weighted by Gasteiger charge is -2.15. The van der Waals surface area contributed by atoms with Gasteiger partial charge in [-0.2, -0.15) is 13.2 Å². The third-order valence-electron chi connectivity index (χ3n) is 3.04. The molecular weight excluding hydrogens is 255 g/mol. The Morgan fingerprint density at radius 1 is 1.32 bits per heavy atom. The topological polar surface area (TPSA) is 37.8 Å². The number of nitrogens with zero attached hydrogens (tertiary/aromatic N) is 2. The minimum Gasteiger partial charge on any atom is -0.354 e. The van der Waals surface area contributed by atoms with Gasteiger partial charge in [-0.15, -0.1) is 0 Å². The van der Waals surface area contributed by atoms with Crippen LogP contribution < -0.4 is 5.32 Å². The smallest absolute Gasteiger partial charge is 0.354 e. The molecule has 3 nitrogen and oxygen atoms in total. The predicted octanol–water partition coefficient (Wildman–Crippen LogP) is 4.12. The molecule has 6 heteroatoms. The SMILES string of the molecule is CCCCC(CC)CNc1nccc(C(F)(F)F)n1. The summed E-state index contributed by atoms with van der Waals surface area (Å²) in [6.07, 6.45) is 1.02. The fraction of sp³-hybridized carbons (Fsp3) is 0.692. The van der Waals surface area contributed by atoms with Gasteiger partial charge in [0.2, 0.25) is 5.95 Å². The summed E-state index contributed by atoms with van der Waals surface area (Å²) in [6, 6.07) is 0.875. The monoisotopic (exact) mass is 275 g/mol. The molecule has 1 rings (SSSR count). The minimum atomic E-state index is -4.42. The molecule has 0 aliphatic heterocycles. The number of hydrogen-bond donors (Lipinski definition) is 1. The van der Waals surface area contributed by atoms with Crippen LogP contribution in [0.25, 0.3) is 0 Å². The van der Waals surface area contributed by atoms with Gasteiger partial charge in [0.15, 0.2) is 0 Å². The van der Waals surface area contributed by atoms with Gasteiger partial charge in [-0.25, -0.2) is 9.97 Å². The molecule has 19 heavy (non-hydrogen) atoms. The average molecular weight is 275 g/mol. The van der Waals surface area contributed by atoms with Gasteiger partial charge >= 0.3 is 6.18 Å². The van der Waals surface area contributed by atoms with E-state index in [0.29, 0.717) is 12.5 Å². The Morgan fingerprint density at radius 2 is 2.05 bits per heavy atom. The molecule has 1 N–H and O–H groups in total. The molecule has 0 radical (unpaired) electrons. The van der Waals surface area contributed by atoms with Gasteiger partial charge in [-0.05, 0) is 18.4 Å². The lowest BCUT2D eigenvalue weighted by molar-refractivity contribution is -0.141. The van der Waals surface area contributed by atoms with Crippen molar-refractivity contribution in [1.82, 2.24) is 9.97 Å². The summed E-state index contributed by atoms with van der Waals surface area (Å²) in [5.41, 5.74) is -0.911. The number of halogens is 3. The van der Waals surface area contributed by atoms with Gasteiger partial charge in [0.25, 0.3) is 0 Å². The number of alkyl halides is 3. The van der Waals surface area contributed by atoms with E-state index >= 15 is 0 Å². The molecule has 0 fully saturated rings. The standard InChI is InChI=1S/C13H20F3N3/c1-3-5-6-10(4-2)9-18-12-17-8-7-11(19-12)13(14,15)16/h7-8,10H,3-6,9H2,1-2H3,(H,17,18,19). The third kappa shape index (κ3) is 5.44. The maximum atomic E-state index is 12.5. The largest absolute Gasteiger partial charge is 0.433 e. The van der Waals surface area contributed by atoms with Crippen molar-refractivity contribution in [3.63, 3.8) is 0 Å². The van der Waals surface area contributed by atoms with E-state index in [9.17, 15) is 13.2 Å². The summed E-state index contributed by atoms with van der Waals surface area (Å²) in [5.74, 6) is 0.489. The highest BCUT2D eigenvalue weighted by atomic mass is 19.4. The van der Waals surface area contributed by atoms with Gasteiger partial charge < -0.3 is 5.32 Å². The van der Waals surface area contributed by atoms with E-state index in [1.807, 2.05) is 0 Å². The molecule has 0 aliphatic carbocycles. The fourth-order valence-corrected chi connectivity index (χ4v) is 1.78. The molecule has 1 aromatic heterocycles. The van der Waals surface area contributed by atoms with Gasteiger partial charge in [0.05, 0.1) is 0 Å². The van der Waals surface area contributed by atoms with Crippen molar-refractivity contribution in [3.05, 3.63) is 18.0 Å². The highest BCUT2D eigenvalue weighted by Crippen LogP contribution is 2.27. The normalized spacial score (nSPS) is 13.3. The highest BCUT2D eigenvalue weighted by Gasteiger charge is 2.32. The first kappa shape index (κ1) is 15.7. The van der Waals surface area contributed by atoms with Crippen LogP contribution in [-0.2, 0) is 6.18 Å². The van der Waals surface area contributed by atoms with Gasteiger partial charge in [0, 0.05) is 12.7 Å². The molecule has 1 aromatic rings. The number of hydrogen-bond acceptors (Lipinski definition) is 3. The van der Waals surface area contributed by atoms with Crippen LogP contribution in [0.5, 0.6) is 0 Å². The number of nitrogens with one attached hydrogen (secondary N) is 1. The molecule has 0 spiro atoms. The van der Waals surface area contributed by atoms with E-state index in [0.717, 1.165) is 37.9 Å². The average Bonchev–Trinajstić information content (AvgIpc) is 2.38. The molecule has 0 bridgehead atoms. The van der Waals surface area contributed by atoms with Gasteiger partial charge in [-0.3, -0.25) is 0 Å². The Morgan fingerprint density at radius 3 is 2.63 bits per heavy atom. The molecular formula is C13H20F3N3. The van der Waals surface area contributed by atoms with Crippen molar-refractivity contribution in [3.8, 4) is 0 Å². The summed E-state index contributed by atoms with van der Waals surface area (Å²) >= 11 is 0. The molecule has 0 saturated heterocycles. The second-order valence-electron chi connectivity index (χ2n) is 4.56. The lowest BCUT2D eigenvalue weighted by atomic mass is 9.99. The molecule has 0 aromatic carbocycles. The van der Waals surface area contributed by atoms with Crippen LogP contribution in [0.3, 0.4) is 0 Å². The number of anilines is 1. The minimum absolute atomic E-state index is 0.0461. The van der Waals surface area contributed by atoms with E-state index in [4.69, 9.17) is 0 Å². The zero-order valence-corrected chi connectivity index (χ0v) is 11.3. The Kier molecular flexibility index (Phi) is 6.05. The number of rotatable bonds is 7. The van der Waals surface area contributed by atoms with Crippen molar-refractivity contribution in [2.75, 3.05) is 11.9 Å². The van der Waals surface area contributed by atoms with Crippen molar-refractivity contribution in [2.45, 2.75) is 45.7 Å². The zero-order valence-electron chi connectivity index (χ0n) is 11.3. The second-order valence-corrected chi connectivity index (χ2v) is 4.56. The van der Waals surface area contributed by atoms with Gasteiger partial charge in [-0.1, -0.05) is 33.1 Å².